The number of rotatable bonds is 2. The highest BCUT2D eigenvalue weighted by atomic mass is 16.3. The highest BCUT2D eigenvalue weighted by molar-refractivity contribution is 5.25. The van der Waals surface area contributed by atoms with Gasteiger partial charge in [0.15, 0.2) is 0 Å². The van der Waals surface area contributed by atoms with E-state index in [2.05, 4.69) is 0 Å². The molecule has 0 aliphatic heterocycles. The number of hydrogen-bond acceptors (Lipinski definition) is 2. The van der Waals surface area contributed by atoms with Gasteiger partial charge in [-0.05, 0) is 31.7 Å². The van der Waals surface area contributed by atoms with Crippen LogP contribution in [-0.2, 0) is 0 Å². The molecular formula is C12H16O2. The minimum absolute atomic E-state index is 0.710. The van der Waals surface area contributed by atoms with E-state index in [-0.39, 0.29) is 0 Å². The molecule has 76 valence electrons. The standard InChI is InChI=1S/C12H16O2/c1-9-3-5-10(6-4-9)11(13)12(14)7-2-8-12/h3-6,11,13-14H,2,7-8H2,1H3. The quantitative estimate of drug-likeness (QED) is 0.751. The maximum atomic E-state index is 9.95. The zero-order valence-corrected chi connectivity index (χ0v) is 8.40. The fourth-order valence-electron chi connectivity index (χ4n) is 1.87. The van der Waals surface area contributed by atoms with Crippen LogP contribution in [0.15, 0.2) is 24.3 Å². The van der Waals surface area contributed by atoms with Gasteiger partial charge in [0.1, 0.15) is 6.10 Å². The molecule has 0 heterocycles. The molecule has 1 aromatic rings. The third-order valence-electron chi connectivity index (χ3n) is 3.12. The summed E-state index contributed by atoms with van der Waals surface area (Å²) in [6.45, 7) is 2.01. The van der Waals surface area contributed by atoms with E-state index >= 15 is 0 Å². The molecule has 0 radical (unpaired) electrons. The van der Waals surface area contributed by atoms with E-state index in [9.17, 15) is 10.2 Å². The molecule has 1 unspecified atom stereocenters. The van der Waals surface area contributed by atoms with Crippen LogP contribution in [0.2, 0.25) is 0 Å². The van der Waals surface area contributed by atoms with Crippen molar-refractivity contribution in [2.24, 2.45) is 0 Å². The highest BCUT2D eigenvalue weighted by Gasteiger charge is 2.42. The van der Waals surface area contributed by atoms with Crippen molar-refractivity contribution in [1.82, 2.24) is 0 Å². The van der Waals surface area contributed by atoms with Crippen LogP contribution in [0.5, 0.6) is 0 Å². The lowest BCUT2D eigenvalue weighted by atomic mass is 9.74. The Hall–Kier alpha value is -0.860. The molecule has 1 fully saturated rings. The Labute approximate surface area is 84.2 Å². The maximum Gasteiger partial charge on any atom is 0.108 e. The minimum atomic E-state index is -0.866. The van der Waals surface area contributed by atoms with Crippen LogP contribution in [0.1, 0.15) is 36.5 Å². The average Bonchev–Trinajstić information content (AvgIpc) is 2.14. The first-order valence-corrected chi connectivity index (χ1v) is 5.09. The van der Waals surface area contributed by atoms with Crippen molar-refractivity contribution in [3.63, 3.8) is 0 Å². The molecule has 1 atom stereocenters. The van der Waals surface area contributed by atoms with E-state index < -0.39 is 11.7 Å². The van der Waals surface area contributed by atoms with Crippen LogP contribution >= 0.6 is 0 Å². The Morgan fingerprint density at radius 2 is 1.79 bits per heavy atom. The molecule has 2 rings (SSSR count). The first-order valence-electron chi connectivity index (χ1n) is 5.09. The van der Waals surface area contributed by atoms with E-state index in [1.54, 1.807) is 0 Å². The van der Waals surface area contributed by atoms with Crippen molar-refractivity contribution in [2.45, 2.75) is 37.9 Å². The zero-order valence-electron chi connectivity index (χ0n) is 8.40. The van der Waals surface area contributed by atoms with Gasteiger partial charge in [-0.25, -0.2) is 0 Å². The Kier molecular flexibility index (Phi) is 2.33. The van der Waals surface area contributed by atoms with E-state index in [0.717, 1.165) is 12.0 Å². The normalized spacial score (nSPS) is 21.4. The van der Waals surface area contributed by atoms with Gasteiger partial charge >= 0.3 is 0 Å². The second kappa shape index (κ2) is 3.37. The highest BCUT2D eigenvalue weighted by Crippen LogP contribution is 2.41. The third-order valence-corrected chi connectivity index (χ3v) is 3.12. The second-order valence-electron chi connectivity index (χ2n) is 4.27. The average molecular weight is 192 g/mol. The third kappa shape index (κ3) is 1.56. The summed E-state index contributed by atoms with van der Waals surface area (Å²) in [6, 6.07) is 7.69. The molecule has 0 aromatic heterocycles. The summed E-state index contributed by atoms with van der Waals surface area (Å²) in [4.78, 5) is 0. The summed E-state index contributed by atoms with van der Waals surface area (Å²) >= 11 is 0. The molecule has 0 spiro atoms. The smallest absolute Gasteiger partial charge is 0.108 e. The lowest BCUT2D eigenvalue weighted by Gasteiger charge is -2.40. The van der Waals surface area contributed by atoms with Gasteiger partial charge in [0.05, 0.1) is 5.60 Å². The van der Waals surface area contributed by atoms with E-state index in [4.69, 9.17) is 0 Å². The first kappa shape index (κ1) is 9.69. The van der Waals surface area contributed by atoms with Gasteiger partial charge in [-0.15, -0.1) is 0 Å². The van der Waals surface area contributed by atoms with Gasteiger partial charge in [0, 0.05) is 0 Å². The van der Waals surface area contributed by atoms with E-state index in [1.807, 2.05) is 31.2 Å². The number of aryl methyl sites for hydroxylation is 1. The topological polar surface area (TPSA) is 40.5 Å². The lowest BCUT2D eigenvalue weighted by molar-refractivity contribution is -0.127. The fraction of sp³-hybridized carbons (Fsp3) is 0.500. The molecular weight excluding hydrogens is 176 g/mol. The summed E-state index contributed by atoms with van der Waals surface area (Å²) in [5, 5.41) is 19.9. The van der Waals surface area contributed by atoms with Crippen molar-refractivity contribution in [3.05, 3.63) is 35.4 Å². The van der Waals surface area contributed by atoms with E-state index in [1.165, 1.54) is 5.56 Å². The lowest BCUT2D eigenvalue weighted by Crippen LogP contribution is -2.42. The fourth-order valence-corrected chi connectivity index (χ4v) is 1.87. The Morgan fingerprint density at radius 3 is 2.21 bits per heavy atom. The minimum Gasteiger partial charge on any atom is -0.387 e. The van der Waals surface area contributed by atoms with Gasteiger partial charge in [0.2, 0.25) is 0 Å². The molecule has 0 bridgehead atoms. The predicted octanol–water partition coefficient (Wildman–Crippen LogP) is 1.94. The monoisotopic (exact) mass is 192 g/mol. The zero-order chi connectivity index (χ0) is 10.2. The molecule has 1 saturated carbocycles. The number of benzene rings is 1. The molecule has 0 saturated heterocycles. The molecule has 14 heavy (non-hydrogen) atoms. The van der Waals surface area contributed by atoms with Crippen molar-refractivity contribution >= 4 is 0 Å². The van der Waals surface area contributed by atoms with Crippen LogP contribution < -0.4 is 0 Å². The largest absolute Gasteiger partial charge is 0.387 e. The summed E-state index contributed by atoms with van der Waals surface area (Å²) in [7, 11) is 0. The molecule has 2 N–H and O–H groups in total. The van der Waals surface area contributed by atoms with Gasteiger partial charge in [-0.3, -0.25) is 0 Å². The molecule has 2 heteroatoms. The summed E-state index contributed by atoms with van der Waals surface area (Å²) in [6.07, 6.45) is 1.71. The van der Waals surface area contributed by atoms with Crippen LogP contribution in [0.3, 0.4) is 0 Å². The van der Waals surface area contributed by atoms with Crippen molar-refractivity contribution in [3.8, 4) is 0 Å². The van der Waals surface area contributed by atoms with Crippen molar-refractivity contribution in [2.75, 3.05) is 0 Å². The Balaban J connectivity index is 2.18. The molecule has 2 nitrogen and oxygen atoms in total. The van der Waals surface area contributed by atoms with Gasteiger partial charge < -0.3 is 10.2 Å². The van der Waals surface area contributed by atoms with Crippen LogP contribution in [0, 0.1) is 6.92 Å². The van der Waals surface area contributed by atoms with Crippen LogP contribution in [0.25, 0.3) is 0 Å². The number of aliphatic hydroxyl groups excluding tert-OH is 1. The summed E-state index contributed by atoms with van der Waals surface area (Å²) in [5.41, 5.74) is 1.12. The second-order valence-corrected chi connectivity index (χ2v) is 4.27. The van der Waals surface area contributed by atoms with E-state index in [0.29, 0.717) is 12.8 Å². The number of aliphatic hydroxyl groups is 2. The molecule has 0 amide bonds. The molecule has 1 aliphatic rings. The predicted molar refractivity (Wildman–Crippen MR) is 54.9 cm³/mol. The summed E-state index contributed by atoms with van der Waals surface area (Å²) < 4.78 is 0. The van der Waals surface area contributed by atoms with Crippen molar-refractivity contribution in [1.29, 1.82) is 0 Å². The molecule has 1 aromatic carbocycles. The SMILES string of the molecule is Cc1ccc(C(O)C2(O)CCC2)cc1. The van der Waals surface area contributed by atoms with Gasteiger partial charge in [-0.2, -0.15) is 0 Å². The Bertz CT molecular complexity index is 312. The van der Waals surface area contributed by atoms with Gasteiger partial charge in [0.25, 0.3) is 0 Å². The Morgan fingerprint density at radius 1 is 1.21 bits per heavy atom. The maximum absolute atomic E-state index is 9.95. The van der Waals surface area contributed by atoms with Crippen LogP contribution in [0.4, 0.5) is 0 Å². The summed E-state index contributed by atoms with van der Waals surface area (Å²) in [5.74, 6) is 0. The number of hydrogen-bond donors (Lipinski definition) is 2. The van der Waals surface area contributed by atoms with Gasteiger partial charge in [-0.1, -0.05) is 29.8 Å². The van der Waals surface area contributed by atoms with Crippen LogP contribution in [-0.4, -0.2) is 15.8 Å². The van der Waals surface area contributed by atoms with Crippen molar-refractivity contribution < 1.29 is 10.2 Å². The molecule has 1 aliphatic carbocycles. The first-order chi connectivity index (χ1) is 6.62.